The van der Waals surface area contributed by atoms with Crippen molar-refractivity contribution in [1.82, 2.24) is 38.6 Å². The second-order valence-electron chi connectivity index (χ2n) is 10.9. The molecule has 0 bridgehead atoms. The Labute approximate surface area is 253 Å². The van der Waals surface area contributed by atoms with E-state index in [1.54, 1.807) is 0 Å². The molecule has 3 aliphatic heterocycles. The number of nitrogen functional groups attached to an aromatic ring is 1. The Balaban J connectivity index is 1.02. The summed E-state index contributed by atoms with van der Waals surface area (Å²) in [6.45, 7) is -5.22. The van der Waals surface area contributed by atoms with Crippen molar-refractivity contribution >= 4 is 58.5 Å². The summed E-state index contributed by atoms with van der Waals surface area (Å²) in [6.07, 6.45) is -8.34. The largest absolute Gasteiger partial charge is 0.387 e. The molecule has 7 N–H and O–H groups in total. The van der Waals surface area contributed by atoms with E-state index in [1.807, 2.05) is 0 Å². The van der Waals surface area contributed by atoms with Crippen molar-refractivity contribution in [3.8, 4) is 0 Å². The highest BCUT2D eigenvalue weighted by Gasteiger charge is 2.78. The normalized spacial score (nSPS) is 35.1. The summed E-state index contributed by atoms with van der Waals surface area (Å²) in [6, 6.07) is 0. The number of halogens is 1. The second kappa shape index (κ2) is 9.72. The second-order valence-corrected chi connectivity index (χ2v) is 13.6. The zero-order valence-corrected chi connectivity index (χ0v) is 24.1. The molecule has 4 aromatic rings. The Morgan fingerprint density at radius 3 is 2.64 bits per heavy atom. The average Bonchev–Trinajstić information content (AvgIpc) is 3.65. The molecule has 7 heterocycles. The number of ether oxygens (including phenoxy) is 2. The predicted molar refractivity (Wildman–Crippen MR) is 147 cm³/mol. The minimum Gasteiger partial charge on any atom is -0.387 e. The van der Waals surface area contributed by atoms with Crippen LogP contribution in [0.25, 0.3) is 22.3 Å². The number of nitrogens with two attached hydrogens (primary N) is 1. The first kappa shape index (κ1) is 28.9. The molecule has 3 fully saturated rings. The van der Waals surface area contributed by atoms with Crippen LogP contribution in [0.5, 0.6) is 0 Å². The van der Waals surface area contributed by atoms with Gasteiger partial charge in [0.1, 0.15) is 48.9 Å². The standard InChI is InChI=1S/C22H22FN10O10PS/c23-8-11(35)6(41-19(8)32-4-27-9-15(24)25-3-26-16(9)32)2-40-44(39,45)43-14-20(42-13-12(36)22(13,14)38)33-5-28-10-17(33)30-21-29-7(34)1-31(21)18(10)37/h3-6,8,11-14,19-20,35-36,38H,1-2H2,(H,39,45)(H2,24,25,26)(H,29,30,34)/t6-,8+,11-,12?,13-,14+,19-,20-,22-,44?/m1/s1. The fourth-order valence-corrected chi connectivity index (χ4v) is 7.27. The van der Waals surface area contributed by atoms with Gasteiger partial charge in [0.25, 0.3) is 5.56 Å². The first-order valence-electron chi connectivity index (χ1n) is 13.3. The van der Waals surface area contributed by atoms with Gasteiger partial charge in [-0.15, -0.1) is 0 Å². The van der Waals surface area contributed by atoms with E-state index in [4.69, 9.17) is 36.1 Å². The lowest BCUT2D eigenvalue weighted by Crippen LogP contribution is -2.39. The number of aliphatic hydroxyl groups is 3. The van der Waals surface area contributed by atoms with Crippen LogP contribution in [0.1, 0.15) is 12.5 Å². The lowest BCUT2D eigenvalue weighted by atomic mass is 10.1. The first-order valence-corrected chi connectivity index (χ1v) is 15.9. The molecule has 23 heteroatoms. The molecule has 4 aromatic heterocycles. The van der Waals surface area contributed by atoms with E-state index in [0.717, 1.165) is 10.9 Å². The number of imidazole rings is 2. The zero-order chi connectivity index (χ0) is 31.6. The van der Waals surface area contributed by atoms with Crippen molar-refractivity contribution < 1.29 is 47.9 Å². The average molecular weight is 669 g/mol. The minimum absolute atomic E-state index is 0.0339. The Bertz CT molecular complexity index is 2010. The lowest BCUT2D eigenvalue weighted by Gasteiger charge is -2.30. The number of hydrogen-bond acceptors (Lipinski definition) is 16. The summed E-state index contributed by atoms with van der Waals surface area (Å²) >= 11 is 5.16. The molecule has 2 unspecified atom stereocenters. The summed E-state index contributed by atoms with van der Waals surface area (Å²) < 4.78 is 41.3. The van der Waals surface area contributed by atoms with Gasteiger partial charge in [0, 0.05) is 0 Å². The van der Waals surface area contributed by atoms with Crippen LogP contribution >= 0.6 is 6.72 Å². The van der Waals surface area contributed by atoms with Gasteiger partial charge in [0.05, 0.1) is 19.3 Å². The van der Waals surface area contributed by atoms with Crippen LogP contribution < -0.4 is 16.6 Å². The lowest BCUT2D eigenvalue weighted by molar-refractivity contribution is -0.115. The van der Waals surface area contributed by atoms with E-state index in [2.05, 4.69) is 30.2 Å². The number of carbonyl (C=O) groups excluding carboxylic acids is 1. The molecule has 10 atom stereocenters. The first-order chi connectivity index (χ1) is 21.4. The van der Waals surface area contributed by atoms with E-state index >= 15 is 4.39 Å². The van der Waals surface area contributed by atoms with Crippen LogP contribution in [0.4, 0.5) is 16.2 Å². The minimum atomic E-state index is -4.34. The number of aromatic nitrogens is 8. The molecule has 0 radical (unpaired) electrons. The molecule has 8 rings (SSSR count). The van der Waals surface area contributed by atoms with Gasteiger partial charge in [-0.05, 0) is 11.8 Å². The van der Waals surface area contributed by atoms with E-state index in [1.165, 1.54) is 21.8 Å². The summed E-state index contributed by atoms with van der Waals surface area (Å²) in [5.74, 6) is -0.423. The van der Waals surface area contributed by atoms with Gasteiger partial charge < -0.3 is 39.9 Å². The maximum atomic E-state index is 15.2. The highest BCUT2D eigenvalue weighted by molar-refractivity contribution is 8.07. The summed E-state index contributed by atoms with van der Waals surface area (Å²) in [7, 11) is 0. The number of anilines is 2. The number of alkyl halides is 1. The fraction of sp³-hybridized carbons (Fsp3) is 0.500. The number of amides is 1. The maximum Gasteiger partial charge on any atom is 0.325 e. The summed E-state index contributed by atoms with van der Waals surface area (Å²) in [4.78, 5) is 56.0. The van der Waals surface area contributed by atoms with E-state index < -0.39 is 79.5 Å². The summed E-state index contributed by atoms with van der Waals surface area (Å²) in [5, 5.41) is 34.5. The van der Waals surface area contributed by atoms with Gasteiger partial charge in [0.2, 0.25) is 11.9 Å². The molecule has 1 saturated carbocycles. The van der Waals surface area contributed by atoms with Crippen molar-refractivity contribution in [3.63, 3.8) is 0 Å². The monoisotopic (exact) mass is 668 g/mol. The Morgan fingerprint density at radius 2 is 1.87 bits per heavy atom. The van der Waals surface area contributed by atoms with Gasteiger partial charge >= 0.3 is 6.72 Å². The summed E-state index contributed by atoms with van der Waals surface area (Å²) in [5.41, 5.74) is 3.35. The third kappa shape index (κ3) is 4.19. The van der Waals surface area contributed by atoms with Crippen molar-refractivity contribution in [3.05, 3.63) is 29.3 Å². The maximum absolute atomic E-state index is 15.2. The van der Waals surface area contributed by atoms with Crippen molar-refractivity contribution in [2.75, 3.05) is 17.7 Å². The fourth-order valence-electron chi connectivity index (χ4n) is 5.86. The third-order valence-corrected chi connectivity index (χ3v) is 9.77. The smallest absolute Gasteiger partial charge is 0.325 e. The molecule has 1 amide bonds. The van der Waals surface area contributed by atoms with Crippen molar-refractivity contribution in [1.29, 1.82) is 0 Å². The van der Waals surface area contributed by atoms with Crippen LogP contribution in [0.15, 0.2) is 23.8 Å². The number of nitrogens with zero attached hydrogens (tertiary/aromatic N) is 8. The number of rotatable bonds is 7. The van der Waals surface area contributed by atoms with Crippen LogP contribution in [-0.2, 0) is 41.7 Å². The molecule has 1 aliphatic carbocycles. The van der Waals surface area contributed by atoms with Crippen LogP contribution in [0.2, 0.25) is 0 Å². The Kier molecular flexibility index (Phi) is 6.23. The Morgan fingerprint density at radius 1 is 1.13 bits per heavy atom. The number of hydrogen-bond donors (Lipinski definition) is 6. The number of aliphatic hydroxyl groups excluding tert-OH is 2. The van der Waals surface area contributed by atoms with Gasteiger partial charge in [-0.2, -0.15) is 4.98 Å². The highest BCUT2D eigenvalue weighted by atomic mass is 32.5. The van der Waals surface area contributed by atoms with Crippen LogP contribution in [-0.4, -0.2) is 114 Å². The Hall–Kier alpha value is -3.57. The molecule has 2 saturated heterocycles. The van der Waals surface area contributed by atoms with Gasteiger partial charge in [-0.25, -0.2) is 24.3 Å². The quantitative estimate of drug-likeness (QED) is 0.108. The van der Waals surface area contributed by atoms with Crippen LogP contribution in [0, 0.1) is 0 Å². The van der Waals surface area contributed by atoms with E-state index in [9.17, 15) is 29.8 Å². The molecule has 45 heavy (non-hydrogen) atoms. The van der Waals surface area contributed by atoms with Gasteiger partial charge in [0.15, 0.2) is 46.9 Å². The molecule has 20 nitrogen and oxygen atoms in total. The molecule has 0 aromatic carbocycles. The van der Waals surface area contributed by atoms with Crippen molar-refractivity contribution in [2.24, 2.45) is 0 Å². The van der Waals surface area contributed by atoms with Crippen molar-refractivity contribution in [2.45, 2.75) is 61.3 Å². The molecule has 238 valence electrons. The van der Waals surface area contributed by atoms with E-state index in [0.29, 0.717) is 0 Å². The molecular formula is C22H22FN10O10PS. The highest BCUT2D eigenvalue weighted by Crippen LogP contribution is 2.60. The van der Waals surface area contributed by atoms with Gasteiger partial charge in [-0.3, -0.25) is 33.1 Å². The number of fused-ring (bicyclic) bond motifs is 4. The molecule has 4 aliphatic rings. The topological polar surface area (TPSA) is 269 Å². The number of nitrogens with one attached hydrogen (secondary N) is 1. The van der Waals surface area contributed by atoms with Gasteiger partial charge in [-0.1, -0.05) is 0 Å². The molecular weight excluding hydrogens is 646 g/mol. The number of carbonyl (C=O) groups is 1. The third-order valence-electron chi connectivity index (χ3n) is 8.22. The SMILES string of the molecule is Nc1ncnc2c1ncn2[C@@H]1O[C@H](COP(O)(=S)O[C@H]2[C@H](n3cnc4c(=O)n5c(nc43)NC(=O)C5)O[C@@H]3C(O)[C@@]32O)[C@@H](O)[C@@H]1F. The van der Waals surface area contributed by atoms with E-state index in [-0.39, 0.29) is 40.6 Å². The van der Waals surface area contributed by atoms with Crippen LogP contribution in [0.3, 0.4) is 0 Å². The molecule has 0 spiro atoms. The zero-order valence-electron chi connectivity index (χ0n) is 22.4. The predicted octanol–water partition coefficient (Wildman–Crippen LogP) is -2.81.